The van der Waals surface area contributed by atoms with Gasteiger partial charge in [0.15, 0.2) is 8.32 Å². The average Bonchev–Trinajstić information content (AvgIpc) is 3.94. The molecule has 0 amide bonds. The van der Waals surface area contributed by atoms with E-state index in [-0.39, 0.29) is 35.5 Å². The van der Waals surface area contributed by atoms with Gasteiger partial charge in [0.05, 0.1) is 29.5 Å². The molecule has 7 rings (SSSR count). The summed E-state index contributed by atoms with van der Waals surface area (Å²) in [5.41, 5.74) is 3.53. The summed E-state index contributed by atoms with van der Waals surface area (Å²) < 4.78 is 30.3. The number of benzene rings is 3. The third-order valence-electron chi connectivity index (χ3n) is 11.5. The predicted octanol–water partition coefficient (Wildman–Crippen LogP) is 7.58. The molecule has 13 nitrogen and oxygen atoms in total. The van der Waals surface area contributed by atoms with E-state index in [1.807, 2.05) is 44.2 Å². The molecule has 2 saturated heterocycles. The molecule has 2 aliphatic heterocycles. The van der Waals surface area contributed by atoms with Gasteiger partial charge in [-0.15, -0.1) is 0 Å². The molecule has 16 heteroatoms. The molecule has 5 aromatic rings. The molecule has 304 valence electrons. The fourth-order valence-electron chi connectivity index (χ4n) is 6.98. The smallest absolute Gasteiger partial charge is 0.350 e. The second kappa shape index (κ2) is 16.6. The number of aromatic nitrogens is 6. The summed E-state index contributed by atoms with van der Waals surface area (Å²) in [6.07, 6.45) is 4.19. The first kappa shape index (κ1) is 41.0. The van der Waals surface area contributed by atoms with E-state index in [0.717, 1.165) is 49.0 Å². The highest BCUT2D eigenvalue weighted by Crippen LogP contribution is 2.41. The topological polar surface area (TPSA) is 114 Å². The van der Waals surface area contributed by atoms with E-state index in [4.69, 9.17) is 41.8 Å². The number of ether oxygens (including phenoxy) is 3. The summed E-state index contributed by atoms with van der Waals surface area (Å²) >= 11 is 12.8. The minimum atomic E-state index is -2.00. The molecule has 2 fully saturated rings. The van der Waals surface area contributed by atoms with Crippen LogP contribution in [0.1, 0.15) is 46.2 Å². The Kier molecular flexibility index (Phi) is 11.9. The van der Waals surface area contributed by atoms with Gasteiger partial charge < -0.3 is 28.4 Å². The van der Waals surface area contributed by atoms with Crippen molar-refractivity contribution in [2.45, 2.75) is 83.3 Å². The van der Waals surface area contributed by atoms with Crippen LogP contribution in [0.15, 0.2) is 90.5 Å². The molecule has 2 aliphatic rings. The Bertz CT molecular complexity index is 2170. The molecular formula is C41H52Cl2N8O5Si. The van der Waals surface area contributed by atoms with Gasteiger partial charge in [-0.1, -0.05) is 50.0 Å². The number of anilines is 2. The number of rotatable bonds is 13. The lowest BCUT2D eigenvalue weighted by atomic mass is 10.1. The van der Waals surface area contributed by atoms with Crippen molar-refractivity contribution in [1.82, 2.24) is 29.1 Å². The van der Waals surface area contributed by atoms with Gasteiger partial charge in [-0.05, 0) is 92.6 Å². The van der Waals surface area contributed by atoms with Crippen molar-refractivity contribution in [3.05, 3.63) is 112 Å². The second-order valence-electron chi connectivity index (χ2n) is 16.4. The zero-order chi connectivity index (χ0) is 40.5. The number of hydrogen-bond donors (Lipinski definition) is 0. The van der Waals surface area contributed by atoms with Crippen LogP contribution in [0, 0.1) is 0 Å². The van der Waals surface area contributed by atoms with Crippen LogP contribution in [-0.2, 0) is 26.2 Å². The lowest BCUT2D eigenvalue weighted by molar-refractivity contribution is -0.190. The number of nitrogens with zero attached hydrogens (tertiary/aromatic N) is 8. The van der Waals surface area contributed by atoms with Crippen LogP contribution in [0.5, 0.6) is 5.75 Å². The molecular weight excluding hydrogens is 783 g/mol. The maximum absolute atomic E-state index is 13.5. The Balaban J connectivity index is 0.908. The van der Waals surface area contributed by atoms with Gasteiger partial charge in [-0.2, -0.15) is 10.2 Å². The molecule has 0 bridgehead atoms. The van der Waals surface area contributed by atoms with Crippen molar-refractivity contribution in [2.75, 3.05) is 49.2 Å². The van der Waals surface area contributed by atoms with E-state index in [2.05, 4.69) is 83.1 Å². The van der Waals surface area contributed by atoms with Crippen LogP contribution >= 0.6 is 23.2 Å². The van der Waals surface area contributed by atoms with Crippen molar-refractivity contribution in [2.24, 2.45) is 0 Å². The normalized spacial score (nSPS) is 20.2. The standard InChI is InChI=1S/C41H52Cl2N8O5Si/c1-29(30(2)56-57(6,7)40(3,4)5)51-39(52)50(28-46-51)34-11-9-32(10-12-34)47-18-20-48(21-19-47)33-13-15-35(16-14-33)53-23-36-24-54-41(55-36,25-49-27-44-26-45-49)37-17-8-31(42)22-38(37)43/h8-17,22,26-30,36H,18-21,23-25H2,1-7H3/t29-,30+,36-,41-/m0/s1. The van der Waals surface area contributed by atoms with Crippen LogP contribution in [0.2, 0.25) is 28.2 Å². The highest BCUT2D eigenvalue weighted by atomic mass is 35.5. The van der Waals surface area contributed by atoms with E-state index in [1.54, 1.807) is 34.0 Å². The van der Waals surface area contributed by atoms with E-state index in [1.165, 1.54) is 11.0 Å². The molecule has 0 radical (unpaired) electrons. The summed E-state index contributed by atoms with van der Waals surface area (Å²) in [6.45, 7) is 19.5. The predicted molar refractivity (Wildman–Crippen MR) is 226 cm³/mol. The van der Waals surface area contributed by atoms with E-state index in [9.17, 15) is 4.79 Å². The monoisotopic (exact) mass is 834 g/mol. The number of hydrogen-bond acceptors (Lipinski definition) is 10. The molecule has 0 spiro atoms. The summed E-state index contributed by atoms with van der Waals surface area (Å²) in [4.78, 5) is 22.3. The van der Waals surface area contributed by atoms with Crippen LogP contribution < -0.4 is 20.2 Å². The van der Waals surface area contributed by atoms with Gasteiger partial charge in [0.1, 0.15) is 44.0 Å². The molecule has 0 aliphatic carbocycles. The fourth-order valence-corrected chi connectivity index (χ4v) is 9.02. The summed E-state index contributed by atoms with van der Waals surface area (Å²) in [7, 11) is -2.00. The lowest BCUT2D eigenvalue weighted by Gasteiger charge is -2.39. The van der Waals surface area contributed by atoms with Gasteiger partial charge in [0, 0.05) is 48.1 Å². The molecule has 0 saturated carbocycles. The molecule has 0 N–H and O–H groups in total. The summed E-state index contributed by atoms with van der Waals surface area (Å²) in [5, 5.41) is 9.77. The molecule has 0 unspecified atom stereocenters. The Labute approximate surface area is 345 Å². The van der Waals surface area contributed by atoms with Crippen LogP contribution in [0.3, 0.4) is 0 Å². The summed E-state index contributed by atoms with van der Waals surface area (Å²) in [6, 6.07) is 21.3. The van der Waals surface area contributed by atoms with E-state index < -0.39 is 14.1 Å². The minimum absolute atomic E-state index is 0.0804. The van der Waals surface area contributed by atoms with Gasteiger partial charge >= 0.3 is 5.69 Å². The summed E-state index contributed by atoms with van der Waals surface area (Å²) in [5.74, 6) is -0.424. The van der Waals surface area contributed by atoms with Gasteiger partial charge in [0.2, 0.25) is 5.79 Å². The third-order valence-corrected chi connectivity index (χ3v) is 16.6. The maximum atomic E-state index is 13.5. The van der Waals surface area contributed by atoms with E-state index in [0.29, 0.717) is 28.8 Å². The zero-order valence-corrected chi connectivity index (χ0v) is 36.2. The first-order valence-electron chi connectivity index (χ1n) is 19.4. The number of halogens is 2. The highest BCUT2D eigenvalue weighted by molar-refractivity contribution is 6.74. The van der Waals surface area contributed by atoms with Gasteiger partial charge in [-0.3, -0.25) is 0 Å². The Morgan fingerprint density at radius 1 is 0.895 bits per heavy atom. The Morgan fingerprint density at radius 2 is 1.53 bits per heavy atom. The second-order valence-corrected chi connectivity index (χ2v) is 22.0. The van der Waals surface area contributed by atoms with Crippen molar-refractivity contribution < 1.29 is 18.6 Å². The van der Waals surface area contributed by atoms with Crippen LogP contribution in [-0.4, -0.2) is 89.0 Å². The average molecular weight is 836 g/mol. The van der Waals surface area contributed by atoms with Crippen molar-refractivity contribution in [1.29, 1.82) is 0 Å². The van der Waals surface area contributed by atoms with Gasteiger partial charge in [0.25, 0.3) is 0 Å². The van der Waals surface area contributed by atoms with Crippen LogP contribution in [0.25, 0.3) is 5.69 Å². The van der Waals surface area contributed by atoms with Crippen molar-refractivity contribution in [3.63, 3.8) is 0 Å². The van der Waals surface area contributed by atoms with Gasteiger partial charge in [-0.25, -0.2) is 23.7 Å². The Hall–Kier alpha value is -4.18. The molecule has 3 aromatic carbocycles. The molecule has 4 atom stereocenters. The van der Waals surface area contributed by atoms with Crippen molar-refractivity contribution >= 4 is 42.9 Å². The largest absolute Gasteiger partial charge is 0.491 e. The zero-order valence-electron chi connectivity index (χ0n) is 33.6. The van der Waals surface area contributed by atoms with Crippen LogP contribution in [0.4, 0.5) is 11.4 Å². The molecule has 4 heterocycles. The third kappa shape index (κ3) is 8.96. The Morgan fingerprint density at radius 3 is 2.12 bits per heavy atom. The number of piperazine rings is 1. The SMILES string of the molecule is C[C@@H](O[Si](C)(C)C(C)(C)C)[C@H](C)n1ncn(-c2ccc(N3CCN(c4ccc(OC[C@H]5CO[C@](Cn6cncn6)(c6ccc(Cl)cc6Cl)O5)cc4)CC3)cc2)c1=O. The minimum Gasteiger partial charge on any atom is -0.491 e. The highest BCUT2D eigenvalue weighted by Gasteiger charge is 2.46. The first-order chi connectivity index (χ1) is 27.1. The van der Waals surface area contributed by atoms with Crippen molar-refractivity contribution in [3.8, 4) is 11.4 Å². The molecule has 57 heavy (non-hydrogen) atoms. The quantitative estimate of drug-likeness (QED) is 0.110. The lowest BCUT2D eigenvalue weighted by Crippen LogP contribution is -2.46. The molecule has 2 aromatic heterocycles. The first-order valence-corrected chi connectivity index (χ1v) is 23.1. The van der Waals surface area contributed by atoms with E-state index >= 15 is 0 Å². The maximum Gasteiger partial charge on any atom is 0.350 e. The fraction of sp³-hybridized carbons (Fsp3) is 0.463.